The molecule has 0 radical (unpaired) electrons. The molecule has 2 aromatic rings. The van der Waals surface area contributed by atoms with Crippen LogP contribution in [0, 0.1) is 6.92 Å². The van der Waals surface area contributed by atoms with Crippen LogP contribution in [0.3, 0.4) is 0 Å². The van der Waals surface area contributed by atoms with Gasteiger partial charge in [-0.3, -0.25) is 0 Å². The Kier molecular flexibility index (Phi) is 5.23. The Balaban J connectivity index is 2.23. The largest absolute Gasteiger partial charge is 0.493 e. The third-order valence-corrected chi connectivity index (χ3v) is 3.82. The molecule has 0 spiro atoms. The average molecular weight is 313 g/mol. The number of methoxy groups -OCH3 is 1. The van der Waals surface area contributed by atoms with Crippen LogP contribution in [0.1, 0.15) is 15.4 Å². The van der Waals surface area contributed by atoms with Gasteiger partial charge in [0.05, 0.1) is 17.0 Å². The summed E-state index contributed by atoms with van der Waals surface area (Å²) in [5, 5.41) is 4.76. The van der Waals surface area contributed by atoms with Crippen LogP contribution in [0.25, 0.3) is 0 Å². The molecule has 1 heterocycles. The molecule has 1 N–H and O–H groups in total. The van der Waals surface area contributed by atoms with Crippen molar-refractivity contribution in [3.63, 3.8) is 0 Å². The molecule has 6 heteroatoms. The lowest BCUT2D eigenvalue weighted by Crippen LogP contribution is -2.08. The van der Waals surface area contributed by atoms with Crippen molar-refractivity contribution in [2.75, 3.05) is 14.2 Å². The molecule has 0 bridgehead atoms. The van der Waals surface area contributed by atoms with E-state index >= 15 is 0 Å². The van der Waals surface area contributed by atoms with Gasteiger partial charge in [0, 0.05) is 29.4 Å². The van der Waals surface area contributed by atoms with Crippen molar-refractivity contribution in [2.45, 2.75) is 20.1 Å². The van der Waals surface area contributed by atoms with Crippen molar-refractivity contribution >= 4 is 22.9 Å². The van der Waals surface area contributed by atoms with Crippen LogP contribution in [0.2, 0.25) is 5.02 Å². The highest BCUT2D eigenvalue weighted by atomic mass is 35.5. The molecule has 0 amide bonds. The number of hydrogen-bond donors (Lipinski definition) is 1. The monoisotopic (exact) mass is 312 g/mol. The summed E-state index contributed by atoms with van der Waals surface area (Å²) < 4.78 is 11.3. The lowest BCUT2D eigenvalue weighted by atomic mass is 10.2. The highest BCUT2D eigenvalue weighted by molar-refractivity contribution is 7.11. The summed E-state index contributed by atoms with van der Waals surface area (Å²) in [6, 6.07) is 3.64. The van der Waals surface area contributed by atoms with Crippen molar-refractivity contribution < 1.29 is 9.47 Å². The van der Waals surface area contributed by atoms with E-state index < -0.39 is 0 Å². The van der Waals surface area contributed by atoms with Gasteiger partial charge in [-0.05, 0) is 20.0 Å². The quantitative estimate of drug-likeness (QED) is 0.887. The Morgan fingerprint density at radius 3 is 2.80 bits per heavy atom. The molecular weight excluding hydrogens is 296 g/mol. The van der Waals surface area contributed by atoms with Crippen LogP contribution in [0.4, 0.5) is 0 Å². The number of nitrogens with zero attached hydrogens (tertiary/aromatic N) is 1. The van der Waals surface area contributed by atoms with Crippen LogP contribution in [-0.4, -0.2) is 19.1 Å². The van der Waals surface area contributed by atoms with Crippen LogP contribution in [0.5, 0.6) is 11.5 Å². The number of thiazole rings is 1. The Morgan fingerprint density at radius 1 is 1.40 bits per heavy atom. The molecule has 4 nitrogen and oxygen atoms in total. The molecule has 0 atom stereocenters. The molecule has 108 valence electrons. The van der Waals surface area contributed by atoms with E-state index in [4.69, 9.17) is 21.1 Å². The van der Waals surface area contributed by atoms with E-state index in [9.17, 15) is 0 Å². The lowest BCUT2D eigenvalue weighted by Gasteiger charge is -2.15. The van der Waals surface area contributed by atoms with Gasteiger partial charge >= 0.3 is 0 Å². The van der Waals surface area contributed by atoms with Gasteiger partial charge in [-0.1, -0.05) is 11.6 Å². The van der Waals surface area contributed by atoms with Crippen LogP contribution >= 0.6 is 22.9 Å². The van der Waals surface area contributed by atoms with E-state index in [1.807, 2.05) is 26.2 Å². The first-order chi connectivity index (χ1) is 9.63. The molecule has 0 saturated heterocycles. The van der Waals surface area contributed by atoms with E-state index in [1.54, 1.807) is 24.5 Å². The molecule has 0 aliphatic heterocycles. The molecular formula is C14H17ClN2O2S. The SMILES string of the molecule is CNCc1cc(Cl)cc(OC)c1OCc1cnc(C)s1. The molecule has 0 aliphatic carbocycles. The van der Waals surface area contributed by atoms with Crippen molar-refractivity contribution in [3.05, 3.63) is 38.8 Å². The predicted octanol–water partition coefficient (Wildman–Crippen LogP) is 3.41. The summed E-state index contributed by atoms with van der Waals surface area (Å²) in [5.41, 5.74) is 0.970. The fourth-order valence-corrected chi connectivity index (χ4v) is 2.81. The van der Waals surface area contributed by atoms with Crippen LogP contribution < -0.4 is 14.8 Å². The smallest absolute Gasteiger partial charge is 0.166 e. The summed E-state index contributed by atoms with van der Waals surface area (Å²) in [4.78, 5) is 5.30. The average Bonchev–Trinajstić information content (AvgIpc) is 2.83. The van der Waals surface area contributed by atoms with Crippen molar-refractivity contribution in [1.82, 2.24) is 10.3 Å². The van der Waals surface area contributed by atoms with Gasteiger partial charge < -0.3 is 14.8 Å². The van der Waals surface area contributed by atoms with Gasteiger partial charge in [0.15, 0.2) is 11.5 Å². The molecule has 0 saturated carbocycles. The molecule has 0 aliphatic rings. The number of halogens is 1. The van der Waals surface area contributed by atoms with Gasteiger partial charge in [0.2, 0.25) is 0 Å². The Labute approximate surface area is 127 Å². The maximum absolute atomic E-state index is 6.09. The van der Waals surface area contributed by atoms with Gasteiger partial charge in [0.1, 0.15) is 6.61 Å². The number of benzene rings is 1. The highest BCUT2D eigenvalue weighted by Crippen LogP contribution is 2.35. The number of ether oxygens (including phenoxy) is 2. The van der Waals surface area contributed by atoms with E-state index in [0.29, 0.717) is 23.9 Å². The fraction of sp³-hybridized carbons (Fsp3) is 0.357. The van der Waals surface area contributed by atoms with Crippen molar-refractivity contribution in [2.24, 2.45) is 0 Å². The molecule has 1 aromatic carbocycles. The zero-order valence-electron chi connectivity index (χ0n) is 11.7. The number of hydrogen-bond acceptors (Lipinski definition) is 5. The highest BCUT2D eigenvalue weighted by Gasteiger charge is 2.13. The van der Waals surface area contributed by atoms with Gasteiger partial charge in [-0.25, -0.2) is 4.98 Å². The Hall–Kier alpha value is -1.30. The number of rotatable bonds is 6. The van der Waals surface area contributed by atoms with Gasteiger partial charge in [0.25, 0.3) is 0 Å². The minimum atomic E-state index is 0.472. The summed E-state index contributed by atoms with van der Waals surface area (Å²) in [6.07, 6.45) is 1.83. The first-order valence-corrected chi connectivity index (χ1v) is 7.38. The molecule has 20 heavy (non-hydrogen) atoms. The fourth-order valence-electron chi connectivity index (χ4n) is 1.88. The van der Waals surface area contributed by atoms with E-state index in [1.165, 1.54) is 0 Å². The molecule has 1 aromatic heterocycles. The zero-order valence-corrected chi connectivity index (χ0v) is 13.3. The summed E-state index contributed by atoms with van der Waals surface area (Å²) >= 11 is 7.71. The second kappa shape index (κ2) is 6.92. The summed E-state index contributed by atoms with van der Waals surface area (Å²) in [7, 11) is 3.49. The first-order valence-electron chi connectivity index (χ1n) is 6.19. The maximum Gasteiger partial charge on any atom is 0.166 e. The van der Waals surface area contributed by atoms with Crippen molar-refractivity contribution in [1.29, 1.82) is 0 Å². The predicted molar refractivity (Wildman–Crippen MR) is 82.0 cm³/mol. The lowest BCUT2D eigenvalue weighted by molar-refractivity contribution is 0.283. The maximum atomic E-state index is 6.09. The normalized spacial score (nSPS) is 10.6. The first kappa shape index (κ1) is 15.1. The topological polar surface area (TPSA) is 43.4 Å². The summed E-state index contributed by atoms with van der Waals surface area (Å²) in [5.74, 6) is 1.36. The number of aromatic nitrogens is 1. The van der Waals surface area contributed by atoms with Gasteiger partial charge in [-0.15, -0.1) is 11.3 Å². The Morgan fingerprint density at radius 2 is 2.20 bits per heavy atom. The zero-order chi connectivity index (χ0) is 14.5. The minimum Gasteiger partial charge on any atom is -0.493 e. The van der Waals surface area contributed by atoms with Gasteiger partial charge in [-0.2, -0.15) is 0 Å². The third-order valence-electron chi connectivity index (χ3n) is 2.71. The van der Waals surface area contributed by atoms with Crippen LogP contribution in [-0.2, 0) is 13.2 Å². The molecule has 0 fully saturated rings. The number of nitrogens with one attached hydrogen (secondary N) is 1. The van der Waals surface area contributed by atoms with Crippen LogP contribution in [0.15, 0.2) is 18.3 Å². The van der Waals surface area contributed by atoms with E-state index in [0.717, 1.165) is 21.2 Å². The van der Waals surface area contributed by atoms with E-state index in [-0.39, 0.29) is 0 Å². The second-order valence-electron chi connectivity index (χ2n) is 4.26. The second-order valence-corrected chi connectivity index (χ2v) is 6.02. The molecule has 2 rings (SSSR count). The molecule has 0 unspecified atom stereocenters. The van der Waals surface area contributed by atoms with Crippen molar-refractivity contribution in [3.8, 4) is 11.5 Å². The minimum absolute atomic E-state index is 0.472. The van der Waals surface area contributed by atoms with E-state index in [2.05, 4.69) is 10.3 Å². The standard InChI is InChI=1S/C14H17ClN2O2S/c1-9-17-7-12(20-9)8-19-14-10(6-16-2)4-11(15)5-13(14)18-3/h4-5,7,16H,6,8H2,1-3H3. The number of aryl methyl sites for hydroxylation is 1. The summed E-state index contributed by atoms with van der Waals surface area (Å²) in [6.45, 7) is 3.11. The Bertz CT molecular complexity index is 587. The third kappa shape index (κ3) is 3.62.